The highest BCUT2D eigenvalue weighted by Crippen LogP contribution is 2.18. The van der Waals surface area contributed by atoms with Crippen LogP contribution in [0.25, 0.3) is 11.0 Å². The van der Waals surface area contributed by atoms with Crippen molar-refractivity contribution >= 4 is 16.9 Å². The van der Waals surface area contributed by atoms with Gasteiger partial charge in [-0.1, -0.05) is 13.8 Å². The molecular weight excluding hydrogens is 326 g/mol. The van der Waals surface area contributed by atoms with E-state index in [2.05, 4.69) is 60.1 Å². The molecule has 3 aromatic rings. The Hall–Kier alpha value is -2.63. The maximum Gasteiger partial charge on any atom is 0.242 e. The lowest BCUT2D eigenvalue weighted by Gasteiger charge is -2.17. The monoisotopic (exact) mass is 353 g/mol. The van der Waals surface area contributed by atoms with Crippen LogP contribution in [0, 0.1) is 13.8 Å². The number of carbonyl (C=O) groups is 1. The molecule has 2 N–H and O–H groups in total. The number of amides is 1. The molecule has 0 aliphatic rings. The first-order valence-corrected chi connectivity index (χ1v) is 9.13. The van der Waals surface area contributed by atoms with Gasteiger partial charge in [-0.3, -0.25) is 4.79 Å². The van der Waals surface area contributed by atoms with Gasteiger partial charge in [-0.15, -0.1) is 0 Å². The Balaban J connectivity index is 1.60. The second-order valence-corrected chi connectivity index (χ2v) is 7.20. The lowest BCUT2D eigenvalue weighted by molar-refractivity contribution is -0.123. The molecule has 1 atom stereocenters. The van der Waals surface area contributed by atoms with Crippen LogP contribution in [0.4, 0.5) is 0 Å². The van der Waals surface area contributed by atoms with Crippen molar-refractivity contribution in [1.29, 1.82) is 0 Å². The molecule has 0 bridgehead atoms. The smallest absolute Gasteiger partial charge is 0.242 e. The average molecular weight is 353 g/mol. The van der Waals surface area contributed by atoms with Crippen molar-refractivity contribution in [3.63, 3.8) is 0 Å². The third-order valence-electron chi connectivity index (χ3n) is 4.82. The summed E-state index contributed by atoms with van der Waals surface area (Å²) in [5.74, 6) is 2.09. The number of rotatable bonds is 6. The number of aryl methyl sites for hydroxylation is 2. The summed E-state index contributed by atoms with van der Waals surface area (Å²) < 4.78 is 1.94. The SMILES string of the molecule is Cc1cc2nc(CCNC(=O)C(C)n3ccnc3C(C)C)[nH]c2cc1C. The van der Waals surface area contributed by atoms with Gasteiger partial charge in [-0.05, 0) is 44.0 Å². The number of aromatic amines is 1. The lowest BCUT2D eigenvalue weighted by Crippen LogP contribution is -2.33. The summed E-state index contributed by atoms with van der Waals surface area (Å²) in [4.78, 5) is 24.8. The molecule has 0 radical (unpaired) electrons. The van der Waals surface area contributed by atoms with Gasteiger partial charge in [0.25, 0.3) is 0 Å². The van der Waals surface area contributed by atoms with Crippen LogP contribution in [-0.2, 0) is 11.2 Å². The Labute approximate surface area is 154 Å². The molecule has 1 amide bonds. The molecule has 26 heavy (non-hydrogen) atoms. The normalized spacial score (nSPS) is 12.7. The Bertz CT molecular complexity index is 883. The van der Waals surface area contributed by atoms with E-state index in [-0.39, 0.29) is 17.9 Å². The zero-order valence-electron chi connectivity index (χ0n) is 16.1. The van der Waals surface area contributed by atoms with Gasteiger partial charge < -0.3 is 14.9 Å². The summed E-state index contributed by atoms with van der Waals surface area (Å²) in [7, 11) is 0. The van der Waals surface area contributed by atoms with E-state index in [1.165, 1.54) is 11.1 Å². The van der Waals surface area contributed by atoms with Crippen molar-refractivity contribution in [3.8, 4) is 0 Å². The number of benzene rings is 1. The fourth-order valence-electron chi connectivity index (χ4n) is 3.12. The molecule has 2 aromatic heterocycles. The summed E-state index contributed by atoms with van der Waals surface area (Å²) >= 11 is 0. The third kappa shape index (κ3) is 3.64. The quantitative estimate of drug-likeness (QED) is 0.713. The second-order valence-electron chi connectivity index (χ2n) is 7.20. The van der Waals surface area contributed by atoms with Crippen molar-refractivity contribution < 1.29 is 4.79 Å². The summed E-state index contributed by atoms with van der Waals surface area (Å²) in [6.45, 7) is 10.8. The predicted octanol–water partition coefficient (Wildman–Crippen LogP) is 3.42. The highest BCUT2D eigenvalue weighted by Gasteiger charge is 2.18. The Morgan fingerprint density at radius 3 is 2.69 bits per heavy atom. The Morgan fingerprint density at radius 2 is 1.96 bits per heavy atom. The molecular formula is C20H27N5O. The first-order valence-electron chi connectivity index (χ1n) is 9.13. The van der Waals surface area contributed by atoms with Crippen molar-refractivity contribution in [2.24, 2.45) is 0 Å². The molecule has 6 heteroatoms. The van der Waals surface area contributed by atoms with Gasteiger partial charge in [0.15, 0.2) is 0 Å². The molecule has 2 heterocycles. The van der Waals surface area contributed by atoms with Crippen LogP contribution >= 0.6 is 0 Å². The van der Waals surface area contributed by atoms with Gasteiger partial charge in [0.05, 0.1) is 11.0 Å². The first kappa shape index (κ1) is 18.2. The van der Waals surface area contributed by atoms with E-state index >= 15 is 0 Å². The molecule has 0 aliphatic heterocycles. The van der Waals surface area contributed by atoms with E-state index in [4.69, 9.17) is 0 Å². The minimum Gasteiger partial charge on any atom is -0.354 e. The average Bonchev–Trinajstić information content (AvgIpc) is 3.21. The number of carbonyl (C=O) groups excluding carboxylic acids is 1. The topological polar surface area (TPSA) is 75.6 Å². The molecule has 138 valence electrons. The van der Waals surface area contributed by atoms with Gasteiger partial charge >= 0.3 is 0 Å². The van der Waals surface area contributed by atoms with Crippen LogP contribution in [0.1, 0.15) is 55.5 Å². The maximum absolute atomic E-state index is 12.5. The zero-order valence-corrected chi connectivity index (χ0v) is 16.1. The predicted molar refractivity (Wildman–Crippen MR) is 103 cm³/mol. The number of nitrogens with zero attached hydrogens (tertiary/aromatic N) is 3. The van der Waals surface area contributed by atoms with E-state index in [0.717, 1.165) is 22.7 Å². The number of nitrogens with one attached hydrogen (secondary N) is 2. The van der Waals surface area contributed by atoms with Crippen molar-refractivity contribution in [2.45, 2.75) is 53.0 Å². The van der Waals surface area contributed by atoms with E-state index in [1.807, 2.05) is 17.7 Å². The largest absolute Gasteiger partial charge is 0.354 e. The molecule has 6 nitrogen and oxygen atoms in total. The number of aromatic nitrogens is 4. The summed E-state index contributed by atoms with van der Waals surface area (Å²) in [5.41, 5.74) is 4.50. The molecule has 0 fully saturated rings. The van der Waals surface area contributed by atoms with Crippen LogP contribution in [0.5, 0.6) is 0 Å². The first-order chi connectivity index (χ1) is 12.4. The zero-order chi connectivity index (χ0) is 18.8. The number of H-pyrrole nitrogens is 1. The van der Waals surface area contributed by atoms with E-state index < -0.39 is 0 Å². The number of imidazole rings is 2. The van der Waals surface area contributed by atoms with Crippen LogP contribution in [0.15, 0.2) is 24.5 Å². The van der Waals surface area contributed by atoms with Crippen LogP contribution in [0.2, 0.25) is 0 Å². The summed E-state index contributed by atoms with van der Waals surface area (Å²) in [6.07, 6.45) is 4.28. The number of hydrogen-bond donors (Lipinski definition) is 2. The Kier molecular flexibility index (Phi) is 5.11. The van der Waals surface area contributed by atoms with Crippen molar-refractivity contribution in [1.82, 2.24) is 24.8 Å². The minimum atomic E-state index is -0.282. The highest BCUT2D eigenvalue weighted by atomic mass is 16.2. The third-order valence-corrected chi connectivity index (χ3v) is 4.82. The second kappa shape index (κ2) is 7.32. The van der Waals surface area contributed by atoms with Crippen molar-refractivity contribution in [2.75, 3.05) is 6.54 Å². The number of fused-ring (bicyclic) bond motifs is 1. The molecule has 0 saturated carbocycles. The standard InChI is InChI=1S/C20H27N5O/c1-12(2)19-21-8-9-25(19)15(5)20(26)22-7-6-18-23-16-10-13(3)14(4)11-17(16)24-18/h8-12,15H,6-7H2,1-5H3,(H,22,26)(H,23,24). The Morgan fingerprint density at radius 1 is 1.23 bits per heavy atom. The summed E-state index contributed by atoms with van der Waals surface area (Å²) in [6, 6.07) is 3.93. The molecule has 1 unspecified atom stereocenters. The fraction of sp³-hybridized carbons (Fsp3) is 0.450. The maximum atomic E-state index is 12.5. The lowest BCUT2D eigenvalue weighted by atomic mass is 10.1. The van der Waals surface area contributed by atoms with Gasteiger partial charge in [0.2, 0.25) is 5.91 Å². The molecule has 0 spiro atoms. The van der Waals surface area contributed by atoms with Gasteiger partial charge in [-0.25, -0.2) is 9.97 Å². The molecule has 1 aromatic carbocycles. The van der Waals surface area contributed by atoms with E-state index in [9.17, 15) is 4.79 Å². The number of hydrogen-bond acceptors (Lipinski definition) is 3. The van der Waals surface area contributed by atoms with Gasteiger partial charge in [-0.2, -0.15) is 0 Å². The van der Waals surface area contributed by atoms with Gasteiger partial charge in [0.1, 0.15) is 17.7 Å². The summed E-state index contributed by atoms with van der Waals surface area (Å²) in [5, 5.41) is 3.00. The molecule has 3 rings (SSSR count). The molecule has 0 saturated heterocycles. The van der Waals surface area contributed by atoms with Crippen molar-refractivity contribution in [3.05, 3.63) is 47.3 Å². The minimum absolute atomic E-state index is 0.00676. The molecule has 0 aliphatic carbocycles. The highest BCUT2D eigenvalue weighted by molar-refractivity contribution is 5.80. The van der Waals surface area contributed by atoms with E-state index in [0.29, 0.717) is 13.0 Å². The fourth-order valence-corrected chi connectivity index (χ4v) is 3.12. The van der Waals surface area contributed by atoms with E-state index in [1.54, 1.807) is 6.20 Å². The van der Waals surface area contributed by atoms with Crippen LogP contribution in [-0.4, -0.2) is 32.0 Å². The van der Waals surface area contributed by atoms with Gasteiger partial charge in [0, 0.05) is 31.3 Å². The van der Waals surface area contributed by atoms with Crippen LogP contribution in [0.3, 0.4) is 0 Å². The van der Waals surface area contributed by atoms with Crippen LogP contribution < -0.4 is 5.32 Å².